The first-order chi connectivity index (χ1) is 7.49. The molecule has 0 atom stereocenters. The summed E-state index contributed by atoms with van der Waals surface area (Å²) in [6.45, 7) is 1.12. The molecule has 0 bridgehead atoms. The van der Waals surface area contributed by atoms with Crippen LogP contribution in [0.1, 0.15) is 12.0 Å². The molecule has 0 saturated heterocycles. The third-order valence-corrected chi connectivity index (χ3v) is 2.49. The zero-order chi connectivity index (χ0) is 12.1. The number of carbonyl (C=O) groups is 1. The molecular weight excluding hydrogens is 228 g/mol. The zero-order valence-corrected chi connectivity index (χ0v) is 9.87. The normalized spacial score (nSPS) is 10.7. The van der Waals surface area contributed by atoms with Gasteiger partial charge in [0.2, 0.25) is 0 Å². The van der Waals surface area contributed by atoms with E-state index in [9.17, 15) is 4.79 Å². The Balaban J connectivity index is 2.55. The van der Waals surface area contributed by atoms with Gasteiger partial charge in [0.05, 0.1) is 6.42 Å². The predicted octanol–water partition coefficient (Wildman–Crippen LogP) is 1.83. The maximum Gasteiger partial charge on any atom is 0.304 e. The van der Waals surface area contributed by atoms with Gasteiger partial charge in [0, 0.05) is 23.8 Å². The second-order valence-corrected chi connectivity index (χ2v) is 4.16. The van der Waals surface area contributed by atoms with Gasteiger partial charge < -0.3 is 15.7 Å². The molecule has 1 aromatic carbocycles. The van der Waals surface area contributed by atoms with E-state index in [2.05, 4.69) is 0 Å². The zero-order valence-electron chi connectivity index (χ0n) is 9.11. The van der Waals surface area contributed by atoms with Crippen molar-refractivity contribution in [1.29, 1.82) is 0 Å². The van der Waals surface area contributed by atoms with Crippen LogP contribution in [0, 0.1) is 0 Å². The highest BCUT2D eigenvalue weighted by Gasteiger charge is 2.06. The third kappa shape index (κ3) is 4.08. The number of carboxylic acid groups (broad SMARTS) is 1. The monoisotopic (exact) mass is 242 g/mol. The van der Waals surface area contributed by atoms with E-state index >= 15 is 0 Å². The van der Waals surface area contributed by atoms with Crippen molar-refractivity contribution >= 4 is 23.3 Å². The predicted molar refractivity (Wildman–Crippen MR) is 64.5 cm³/mol. The Morgan fingerprint density at radius 3 is 2.81 bits per heavy atom. The van der Waals surface area contributed by atoms with Crippen LogP contribution in [0.2, 0.25) is 5.02 Å². The number of nitrogens with two attached hydrogens (primary N) is 1. The van der Waals surface area contributed by atoms with Gasteiger partial charge in [-0.05, 0) is 24.7 Å². The van der Waals surface area contributed by atoms with Crippen molar-refractivity contribution in [3.63, 3.8) is 0 Å². The molecule has 0 radical (unpaired) electrons. The summed E-state index contributed by atoms with van der Waals surface area (Å²) in [6, 6.07) is 5.33. The van der Waals surface area contributed by atoms with Gasteiger partial charge >= 0.3 is 5.97 Å². The van der Waals surface area contributed by atoms with Crippen molar-refractivity contribution in [1.82, 2.24) is 4.90 Å². The molecule has 0 heterocycles. The van der Waals surface area contributed by atoms with Crippen molar-refractivity contribution in [3.8, 4) is 0 Å². The van der Waals surface area contributed by atoms with Gasteiger partial charge in [-0.2, -0.15) is 0 Å². The van der Waals surface area contributed by atoms with Crippen LogP contribution in [0.3, 0.4) is 0 Å². The maximum absolute atomic E-state index is 10.4. The first kappa shape index (κ1) is 12.8. The van der Waals surface area contributed by atoms with E-state index < -0.39 is 5.97 Å². The van der Waals surface area contributed by atoms with Crippen LogP contribution in [0.5, 0.6) is 0 Å². The van der Waals surface area contributed by atoms with E-state index in [0.717, 1.165) is 5.56 Å². The SMILES string of the molecule is CN(CCC(=O)O)Cc1ccc(Cl)cc1N. The molecule has 5 heteroatoms. The highest BCUT2D eigenvalue weighted by atomic mass is 35.5. The smallest absolute Gasteiger partial charge is 0.304 e. The molecule has 0 aromatic heterocycles. The van der Waals surface area contributed by atoms with Crippen LogP contribution in [-0.2, 0) is 11.3 Å². The molecule has 0 amide bonds. The Morgan fingerprint density at radius 2 is 2.25 bits per heavy atom. The molecule has 0 aliphatic heterocycles. The lowest BCUT2D eigenvalue weighted by atomic mass is 10.1. The van der Waals surface area contributed by atoms with Gasteiger partial charge in [-0.3, -0.25) is 4.79 Å². The Bertz CT molecular complexity index is 382. The summed E-state index contributed by atoms with van der Waals surface area (Å²) in [5.41, 5.74) is 7.39. The standard InChI is InChI=1S/C11H15ClN2O2/c1-14(5-4-11(15)16)7-8-2-3-9(12)6-10(8)13/h2-3,6H,4-5,7,13H2,1H3,(H,15,16). The van der Waals surface area contributed by atoms with E-state index in [0.29, 0.717) is 23.8 Å². The van der Waals surface area contributed by atoms with Crippen molar-refractivity contribution in [3.05, 3.63) is 28.8 Å². The molecule has 0 spiro atoms. The first-order valence-electron chi connectivity index (χ1n) is 4.93. The highest BCUT2D eigenvalue weighted by molar-refractivity contribution is 6.30. The van der Waals surface area contributed by atoms with Gasteiger partial charge in [-0.25, -0.2) is 0 Å². The number of carboxylic acids is 1. The number of nitrogen functional groups attached to an aromatic ring is 1. The fourth-order valence-corrected chi connectivity index (χ4v) is 1.55. The topological polar surface area (TPSA) is 66.6 Å². The molecule has 3 N–H and O–H groups in total. The van der Waals surface area contributed by atoms with Crippen LogP contribution in [-0.4, -0.2) is 29.6 Å². The number of aliphatic carboxylic acids is 1. The molecule has 16 heavy (non-hydrogen) atoms. The average molecular weight is 243 g/mol. The molecule has 0 unspecified atom stereocenters. The van der Waals surface area contributed by atoms with Gasteiger partial charge in [-0.1, -0.05) is 17.7 Å². The van der Waals surface area contributed by atoms with Crippen molar-refractivity contribution in [2.45, 2.75) is 13.0 Å². The van der Waals surface area contributed by atoms with Crippen molar-refractivity contribution in [2.24, 2.45) is 0 Å². The Labute approximate surface area is 99.6 Å². The van der Waals surface area contributed by atoms with Crippen LogP contribution < -0.4 is 5.73 Å². The molecule has 88 valence electrons. The molecule has 0 aliphatic carbocycles. The minimum atomic E-state index is -0.795. The summed E-state index contributed by atoms with van der Waals surface area (Å²) in [6.07, 6.45) is 0.129. The molecule has 1 aromatic rings. The number of halogens is 1. The molecule has 0 saturated carbocycles. The first-order valence-corrected chi connectivity index (χ1v) is 5.31. The van der Waals surface area contributed by atoms with Crippen molar-refractivity contribution < 1.29 is 9.90 Å². The molecule has 0 fully saturated rings. The summed E-state index contributed by atoms with van der Waals surface area (Å²) in [4.78, 5) is 12.3. The van der Waals surface area contributed by atoms with Gasteiger partial charge in [0.25, 0.3) is 0 Å². The van der Waals surface area contributed by atoms with E-state index in [1.807, 2.05) is 18.0 Å². The summed E-state index contributed by atoms with van der Waals surface area (Å²) < 4.78 is 0. The molecular formula is C11H15ClN2O2. The lowest BCUT2D eigenvalue weighted by molar-refractivity contribution is -0.137. The largest absolute Gasteiger partial charge is 0.481 e. The Kier molecular flexibility index (Phi) is 4.58. The number of rotatable bonds is 5. The van der Waals surface area contributed by atoms with Crippen LogP contribution in [0.4, 0.5) is 5.69 Å². The fraction of sp³-hybridized carbons (Fsp3) is 0.364. The minimum absolute atomic E-state index is 0.129. The van der Waals surface area contributed by atoms with Crippen LogP contribution >= 0.6 is 11.6 Å². The second-order valence-electron chi connectivity index (χ2n) is 3.72. The number of hydrogen-bond donors (Lipinski definition) is 2. The van der Waals surface area contributed by atoms with E-state index in [-0.39, 0.29) is 6.42 Å². The summed E-state index contributed by atoms with van der Waals surface area (Å²) in [5.74, 6) is -0.795. The summed E-state index contributed by atoms with van der Waals surface area (Å²) in [7, 11) is 1.86. The Morgan fingerprint density at radius 1 is 1.56 bits per heavy atom. The van der Waals surface area contributed by atoms with Crippen LogP contribution in [0.15, 0.2) is 18.2 Å². The molecule has 1 rings (SSSR count). The number of nitrogens with zero attached hydrogens (tertiary/aromatic N) is 1. The molecule has 0 aliphatic rings. The number of anilines is 1. The lowest BCUT2D eigenvalue weighted by Crippen LogP contribution is -2.21. The van der Waals surface area contributed by atoms with E-state index in [1.54, 1.807) is 12.1 Å². The quantitative estimate of drug-likeness (QED) is 0.773. The van der Waals surface area contributed by atoms with Gasteiger partial charge in [0.1, 0.15) is 0 Å². The third-order valence-electron chi connectivity index (χ3n) is 2.26. The summed E-state index contributed by atoms with van der Waals surface area (Å²) >= 11 is 5.78. The van der Waals surface area contributed by atoms with E-state index in [4.69, 9.17) is 22.4 Å². The summed E-state index contributed by atoms with van der Waals surface area (Å²) in [5, 5.41) is 9.16. The fourth-order valence-electron chi connectivity index (χ4n) is 1.37. The Hall–Kier alpha value is -1.26. The van der Waals surface area contributed by atoms with E-state index in [1.165, 1.54) is 0 Å². The lowest BCUT2D eigenvalue weighted by Gasteiger charge is -2.16. The minimum Gasteiger partial charge on any atom is -0.481 e. The van der Waals surface area contributed by atoms with Crippen LogP contribution in [0.25, 0.3) is 0 Å². The van der Waals surface area contributed by atoms with Gasteiger partial charge in [-0.15, -0.1) is 0 Å². The number of benzene rings is 1. The highest BCUT2D eigenvalue weighted by Crippen LogP contribution is 2.19. The van der Waals surface area contributed by atoms with Gasteiger partial charge in [0.15, 0.2) is 0 Å². The second kappa shape index (κ2) is 5.72. The average Bonchev–Trinajstić information content (AvgIpc) is 2.19. The number of hydrogen-bond acceptors (Lipinski definition) is 3. The van der Waals surface area contributed by atoms with Crippen molar-refractivity contribution in [2.75, 3.05) is 19.3 Å². The maximum atomic E-state index is 10.4. The molecule has 4 nitrogen and oxygen atoms in total.